The van der Waals surface area contributed by atoms with E-state index in [9.17, 15) is 0 Å². The number of aromatic amines is 1. The number of hydrogen-bond donors (Lipinski definition) is 2. The zero-order valence-corrected chi connectivity index (χ0v) is 12.4. The topological polar surface area (TPSA) is 41.8 Å². The molecule has 1 aromatic heterocycles. The van der Waals surface area contributed by atoms with Gasteiger partial charge in [-0.2, -0.15) is 0 Å². The SMILES string of the molecule is CC(N)c1[nH]c2ccc(C(C)(C)C)cc2c1Br. The Bertz CT molecular complexity index is 547. The van der Waals surface area contributed by atoms with E-state index < -0.39 is 0 Å². The minimum absolute atomic E-state index is 0.00913. The molecule has 2 rings (SSSR count). The maximum atomic E-state index is 5.94. The van der Waals surface area contributed by atoms with Gasteiger partial charge in [0.1, 0.15) is 0 Å². The molecule has 0 aliphatic rings. The van der Waals surface area contributed by atoms with Crippen LogP contribution >= 0.6 is 15.9 Å². The van der Waals surface area contributed by atoms with Gasteiger partial charge in [-0.25, -0.2) is 0 Å². The van der Waals surface area contributed by atoms with Crippen molar-refractivity contribution in [2.24, 2.45) is 5.73 Å². The molecule has 1 aromatic carbocycles. The number of nitrogens with one attached hydrogen (secondary N) is 1. The van der Waals surface area contributed by atoms with E-state index in [4.69, 9.17) is 5.73 Å². The highest BCUT2D eigenvalue weighted by molar-refractivity contribution is 9.10. The van der Waals surface area contributed by atoms with Gasteiger partial charge in [-0.3, -0.25) is 0 Å². The van der Waals surface area contributed by atoms with Crippen molar-refractivity contribution < 1.29 is 0 Å². The van der Waals surface area contributed by atoms with E-state index in [1.807, 2.05) is 6.92 Å². The van der Waals surface area contributed by atoms with Crippen molar-refractivity contribution in [3.8, 4) is 0 Å². The van der Waals surface area contributed by atoms with Crippen LogP contribution in [0.25, 0.3) is 10.9 Å². The van der Waals surface area contributed by atoms with Crippen LogP contribution in [-0.2, 0) is 5.41 Å². The molecule has 0 saturated heterocycles. The second-order valence-electron chi connectivity index (χ2n) is 5.65. The number of halogens is 1. The first-order valence-electron chi connectivity index (χ1n) is 5.88. The molecule has 0 amide bonds. The standard InChI is InChI=1S/C14H19BrN2/c1-8(16)13-12(15)10-7-9(14(2,3)4)5-6-11(10)17-13/h5-8,17H,16H2,1-4H3. The van der Waals surface area contributed by atoms with E-state index in [2.05, 4.69) is 59.9 Å². The fourth-order valence-electron chi connectivity index (χ4n) is 1.96. The van der Waals surface area contributed by atoms with E-state index in [1.54, 1.807) is 0 Å². The highest BCUT2D eigenvalue weighted by atomic mass is 79.9. The summed E-state index contributed by atoms with van der Waals surface area (Å²) in [5, 5.41) is 1.21. The summed E-state index contributed by atoms with van der Waals surface area (Å²) in [6.45, 7) is 8.66. The molecule has 1 unspecified atom stereocenters. The van der Waals surface area contributed by atoms with Gasteiger partial charge in [0.25, 0.3) is 0 Å². The van der Waals surface area contributed by atoms with Crippen LogP contribution < -0.4 is 5.73 Å². The smallest absolute Gasteiger partial charge is 0.0477 e. The summed E-state index contributed by atoms with van der Waals surface area (Å²) in [5.41, 5.74) is 9.64. The first-order valence-corrected chi connectivity index (χ1v) is 6.67. The van der Waals surface area contributed by atoms with Crippen LogP contribution in [0.15, 0.2) is 22.7 Å². The van der Waals surface area contributed by atoms with Gasteiger partial charge in [0, 0.05) is 27.1 Å². The third kappa shape index (κ3) is 2.26. The Kier molecular flexibility index (Phi) is 3.08. The number of H-pyrrole nitrogens is 1. The van der Waals surface area contributed by atoms with Crippen LogP contribution in [0, 0.1) is 0 Å². The van der Waals surface area contributed by atoms with Gasteiger partial charge < -0.3 is 10.7 Å². The van der Waals surface area contributed by atoms with Gasteiger partial charge in [0.2, 0.25) is 0 Å². The average molecular weight is 295 g/mol. The van der Waals surface area contributed by atoms with Crippen molar-refractivity contribution in [2.45, 2.75) is 39.2 Å². The van der Waals surface area contributed by atoms with Crippen molar-refractivity contribution >= 4 is 26.8 Å². The minimum Gasteiger partial charge on any atom is -0.356 e. The summed E-state index contributed by atoms with van der Waals surface area (Å²) in [4.78, 5) is 3.37. The maximum Gasteiger partial charge on any atom is 0.0477 e. The molecule has 3 heteroatoms. The van der Waals surface area contributed by atoms with E-state index in [1.165, 1.54) is 10.9 Å². The number of nitrogens with two attached hydrogens (primary N) is 1. The molecule has 3 N–H and O–H groups in total. The van der Waals surface area contributed by atoms with E-state index >= 15 is 0 Å². The summed E-state index contributed by atoms with van der Waals surface area (Å²) in [6.07, 6.45) is 0. The van der Waals surface area contributed by atoms with Crippen molar-refractivity contribution in [2.75, 3.05) is 0 Å². The third-order valence-corrected chi connectivity index (χ3v) is 3.94. The average Bonchev–Trinajstić information content (AvgIpc) is 2.54. The van der Waals surface area contributed by atoms with Crippen LogP contribution in [-0.4, -0.2) is 4.98 Å². The maximum absolute atomic E-state index is 5.94. The third-order valence-electron chi connectivity index (χ3n) is 3.08. The number of rotatable bonds is 1. The monoisotopic (exact) mass is 294 g/mol. The van der Waals surface area contributed by atoms with E-state index in [0.717, 1.165) is 15.7 Å². The molecule has 0 radical (unpaired) electrons. The molecule has 0 aliphatic carbocycles. The molecular formula is C14H19BrN2. The minimum atomic E-state index is 0.00913. The highest BCUT2D eigenvalue weighted by Crippen LogP contribution is 2.34. The van der Waals surface area contributed by atoms with Crippen LogP contribution in [0.4, 0.5) is 0 Å². The summed E-state index contributed by atoms with van der Waals surface area (Å²) < 4.78 is 1.09. The Morgan fingerprint density at radius 2 is 1.94 bits per heavy atom. The normalized spacial score (nSPS) is 14.2. The quantitative estimate of drug-likeness (QED) is 0.811. The predicted octanol–water partition coefficient (Wildman–Crippen LogP) is 4.25. The Balaban J connectivity index is 2.66. The summed E-state index contributed by atoms with van der Waals surface area (Å²) in [6, 6.07) is 6.56. The Hall–Kier alpha value is -0.800. The van der Waals surface area contributed by atoms with Gasteiger partial charge in [-0.05, 0) is 46.0 Å². The Morgan fingerprint density at radius 3 is 2.47 bits per heavy atom. The lowest BCUT2D eigenvalue weighted by Gasteiger charge is -2.18. The van der Waals surface area contributed by atoms with Crippen molar-refractivity contribution in [1.29, 1.82) is 0 Å². The van der Waals surface area contributed by atoms with E-state index in [-0.39, 0.29) is 11.5 Å². The number of hydrogen-bond acceptors (Lipinski definition) is 1. The van der Waals surface area contributed by atoms with Crippen molar-refractivity contribution in [3.63, 3.8) is 0 Å². The van der Waals surface area contributed by atoms with Crippen LogP contribution in [0.1, 0.15) is 45.0 Å². The van der Waals surface area contributed by atoms with Gasteiger partial charge in [-0.15, -0.1) is 0 Å². The fraction of sp³-hybridized carbons (Fsp3) is 0.429. The van der Waals surface area contributed by atoms with Gasteiger partial charge in [0.15, 0.2) is 0 Å². The number of aromatic nitrogens is 1. The largest absolute Gasteiger partial charge is 0.356 e. The molecular weight excluding hydrogens is 276 g/mol. The second kappa shape index (κ2) is 4.14. The summed E-state index contributed by atoms with van der Waals surface area (Å²) in [7, 11) is 0. The molecule has 0 spiro atoms. The molecule has 0 aliphatic heterocycles. The van der Waals surface area contributed by atoms with Gasteiger partial charge in [0.05, 0.1) is 0 Å². The van der Waals surface area contributed by atoms with Crippen molar-refractivity contribution in [1.82, 2.24) is 4.98 Å². The van der Waals surface area contributed by atoms with E-state index in [0.29, 0.717) is 0 Å². The van der Waals surface area contributed by atoms with Crippen molar-refractivity contribution in [3.05, 3.63) is 33.9 Å². The summed E-state index contributed by atoms with van der Waals surface area (Å²) >= 11 is 3.64. The molecule has 0 fully saturated rings. The summed E-state index contributed by atoms with van der Waals surface area (Å²) in [5.74, 6) is 0. The zero-order valence-electron chi connectivity index (χ0n) is 10.8. The van der Waals surface area contributed by atoms with Gasteiger partial charge in [-0.1, -0.05) is 26.8 Å². The lowest BCUT2D eigenvalue weighted by molar-refractivity contribution is 0.591. The molecule has 1 atom stereocenters. The van der Waals surface area contributed by atoms with Crippen LogP contribution in [0.3, 0.4) is 0 Å². The molecule has 92 valence electrons. The van der Waals surface area contributed by atoms with Crippen LogP contribution in [0.2, 0.25) is 0 Å². The second-order valence-corrected chi connectivity index (χ2v) is 6.44. The van der Waals surface area contributed by atoms with Crippen LogP contribution in [0.5, 0.6) is 0 Å². The highest BCUT2D eigenvalue weighted by Gasteiger charge is 2.17. The molecule has 2 nitrogen and oxygen atoms in total. The Morgan fingerprint density at radius 1 is 1.29 bits per heavy atom. The molecule has 0 saturated carbocycles. The lowest BCUT2D eigenvalue weighted by atomic mass is 9.86. The number of fused-ring (bicyclic) bond motifs is 1. The fourth-order valence-corrected chi connectivity index (χ4v) is 2.75. The lowest BCUT2D eigenvalue weighted by Crippen LogP contribution is -2.10. The first kappa shape index (κ1) is 12.7. The Labute approximate surface area is 111 Å². The predicted molar refractivity (Wildman–Crippen MR) is 77.3 cm³/mol. The first-order chi connectivity index (χ1) is 7.80. The molecule has 0 bridgehead atoms. The zero-order chi connectivity index (χ0) is 12.8. The molecule has 17 heavy (non-hydrogen) atoms. The molecule has 1 heterocycles. The molecule has 2 aromatic rings. The van der Waals surface area contributed by atoms with Gasteiger partial charge >= 0.3 is 0 Å². The number of benzene rings is 1.